The van der Waals surface area contributed by atoms with Crippen LogP contribution in [0.25, 0.3) is 22.3 Å². The molecule has 0 saturated carbocycles. The van der Waals surface area contributed by atoms with Crippen LogP contribution in [0.2, 0.25) is 0 Å². The van der Waals surface area contributed by atoms with Gasteiger partial charge in [0.05, 0.1) is 17.8 Å². The van der Waals surface area contributed by atoms with Gasteiger partial charge in [-0.1, -0.05) is 0 Å². The van der Waals surface area contributed by atoms with Gasteiger partial charge in [0.15, 0.2) is 5.13 Å². The van der Waals surface area contributed by atoms with Gasteiger partial charge in [-0.05, 0) is 26.0 Å². The van der Waals surface area contributed by atoms with E-state index in [1.165, 1.54) is 11.3 Å². The Morgan fingerprint density at radius 3 is 2.79 bits per heavy atom. The molecule has 6 nitrogen and oxygen atoms in total. The third-order valence-corrected chi connectivity index (χ3v) is 4.07. The third kappa shape index (κ3) is 3.58. The molecule has 0 aliphatic carbocycles. The van der Waals surface area contributed by atoms with Gasteiger partial charge in [0.25, 0.3) is 0 Å². The largest absolute Gasteiger partial charge is 0.507 e. The van der Waals surface area contributed by atoms with Crippen molar-refractivity contribution in [1.82, 2.24) is 9.97 Å². The molecule has 0 radical (unpaired) electrons. The number of nitrogens with zero attached hydrogens (tertiary/aromatic N) is 2. The Morgan fingerprint density at radius 1 is 1.21 bits per heavy atom. The average Bonchev–Trinajstić information content (AvgIpc) is 3.00. The summed E-state index contributed by atoms with van der Waals surface area (Å²) >= 11 is 1.50. The molecule has 0 atom stereocenters. The second kappa shape index (κ2) is 7.02. The lowest BCUT2D eigenvalue weighted by Gasteiger charge is -2.08. The quantitative estimate of drug-likeness (QED) is 0.636. The number of anilines is 1. The second-order valence-corrected chi connectivity index (χ2v) is 6.47. The molecule has 2 aromatic heterocycles. The first-order valence-electron chi connectivity index (χ1n) is 7.66. The lowest BCUT2D eigenvalue weighted by molar-refractivity contribution is 0.201. The molecular weight excluding hydrogens is 326 g/mol. The lowest BCUT2D eigenvalue weighted by atomic mass is 10.1. The lowest BCUT2D eigenvalue weighted by Crippen LogP contribution is -2.09. The van der Waals surface area contributed by atoms with Crippen LogP contribution in [0.3, 0.4) is 0 Å². The number of hydrogen-bond donors (Lipinski definition) is 3. The van der Waals surface area contributed by atoms with Crippen molar-refractivity contribution in [2.75, 3.05) is 18.5 Å². The molecule has 3 rings (SSSR count). The van der Waals surface area contributed by atoms with Crippen LogP contribution in [0.5, 0.6) is 11.5 Å². The molecule has 0 spiro atoms. The Bertz CT molecular complexity index is 848. The fourth-order valence-electron chi connectivity index (χ4n) is 2.28. The molecule has 126 valence electrons. The third-order valence-electron chi connectivity index (χ3n) is 3.30. The number of benzene rings is 1. The molecule has 7 heteroatoms. The maximum absolute atomic E-state index is 10.3. The van der Waals surface area contributed by atoms with E-state index in [2.05, 4.69) is 29.1 Å². The molecule has 3 aromatic rings. The number of ether oxygens (including phenoxy) is 1. The van der Waals surface area contributed by atoms with Crippen LogP contribution in [0.1, 0.15) is 13.8 Å². The van der Waals surface area contributed by atoms with E-state index in [9.17, 15) is 5.11 Å². The van der Waals surface area contributed by atoms with E-state index in [4.69, 9.17) is 9.84 Å². The molecule has 0 aliphatic heterocycles. The standard InChI is InChI=1S/C17H19N3O3S/c1-10(2)18-17-20-15(9-24-17)14-8-16(22)12-4-3-11(23-6-5-21)7-13(12)19-14/h3-4,7-10,21H,5-6H2,1-2H3,(H,18,20)(H,19,22). The number of fused-ring (bicyclic) bond motifs is 1. The van der Waals surface area contributed by atoms with Crippen LogP contribution in [-0.2, 0) is 0 Å². The number of aliphatic hydroxyl groups is 1. The zero-order chi connectivity index (χ0) is 17.1. The van der Waals surface area contributed by atoms with Crippen LogP contribution in [0.4, 0.5) is 5.13 Å². The number of thiazole rings is 1. The summed E-state index contributed by atoms with van der Waals surface area (Å²) in [5, 5.41) is 25.7. The van der Waals surface area contributed by atoms with E-state index in [0.29, 0.717) is 34.1 Å². The van der Waals surface area contributed by atoms with Gasteiger partial charge in [0, 0.05) is 28.9 Å². The maximum atomic E-state index is 10.3. The highest BCUT2D eigenvalue weighted by Crippen LogP contribution is 2.32. The molecule has 0 bridgehead atoms. The van der Waals surface area contributed by atoms with Crippen molar-refractivity contribution in [1.29, 1.82) is 0 Å². The van der Waals surface area contributed by atoms with Gasteiger partial charge in [-0.15, -0.1) is 11.3 Å². The molecule has 0 fully saturated rings. The second-order valence-electron chi connectivity index (χ2n) is 5.61. The number of hydrogen-bond acceptors (Lipinski definition) is 7. The Hall–Kier alpha value is -2.38. The normalized spacial score (nSPS) is 11.2. The van der Waals surface area contributed by atoms with E-state index < -0.39 is 0 Å². The van der Waals surface area contributed by atoms with Crippen LogP contribution in [0, 0.1) is 0 Å². The van der Waals surface area contributed by atoms with Gasteiger partial charge < -0.3 is 20.3 Å². The number of aromatic hydroxyl groups is 1. The first-order valence-corrected chi connectivity index (χ1v) is 8.54. The highest BCUT2D eigenvalue weighted by Gasteiger charge is 2.11. The van der Waals surface area contributed by atoms with Gasteiger partial charge in [-0.25, -0.2) is 9.97 Å². The minimum atomic E-state index is -0.0544. The Morgan fingerprint density at radius 2 is 2.04 bits per heavy atom. The maximum Gasteiger partial charge on any atom is 0.183 e. The van der Waals surface area contributed by atoms with E-state index in [-0.39, 0.29) is 19.0 Å². The van der Waals surface area contributed by atoms with Gasteiger partial charge in [0.2, 0.25) is 0 Å². The van der Waals surface area contributed by atoms with Gasteiger partial charge >= 0.3 is 0 Å². The minimum Gasteiger partial charge on any atom is -0.507 e. The predicted molar refractivity (Wildman–Crippen MR) is 95.9 cm³/mol. The first-order chi connectivity index (χ1) is 11.6. The van der Waals surface area contributed by atoms with Crippen molar-refractivity contribution in [2.24, 2.45) is 0 Å². The molecule has 0 unspecified atom stereocenters. The highest BCUT2D eigenvalue weighted by atomic mass is 32.1. The summed E-state index contributed by atoms with van der Waals surface area (Å²) in [7, 11) is 0. The highest BCUT2D eigenvalue weighted by molar-refractivity contribution is 7.14. The van der Waals surface area contributed by atoms with Crippen molar-refractivity contribution in [3.05, 3.63) is 29.6 Å². The van der Waals surface area contributed by atoms with Crippen molar-refractivity contribution < 1.29 is 14.9 Å². The Balaban J connectivity index is 1.97. The number of aromatic nitrogens is 2. The summed E-state index contributed by atoms with van der Waals surface area (Å²) in [6.07, 6.45) is 0. The van der Waals surface area contributed by atoms with E-state index in [1.54, 1.807) is 24.3 Å². The fourth-order valence-corrected chi connectivity index (χ4v) is 3.13. The summed E-state index contributed by atoms with van der Waals surface area (Å²) in [6.45, 7) is 4.26. The van der Waals surface area contributed by atoms with Gasteiger partial charge in [-0.3, -0.25) is 0 Å². The average molecular weight is 345 g/mol. The topological polar surface area (TPSA) is 87.5 Å². The SMILES string of the molecule is CC(C)Nc1nc(-c2cc(O)c3ccc(OCCO)cc3n2)cs1. The molecule has 1 aromatic carbocycles. The zero-order valence-corrected chi connectivity index (χ0v) is 14.3. The summed E-state index contributed by atoms with van der Waals surface area (Å²) < 4.78 is 5.40. The summed E-state index contributed by atoms with van der Waals surface area (Å²) in [5.74, 6) is 0.746. The number of pyridine rings is 1. The van der Waals surface area contributed by atoms with Crippen LogP contribution in [0.15, 0.2) is 29.6 Å². The Labute approximate surface area is 143 Å². The zero-order valence-electron chi connectivity index (χ0n) is 13.5. The van der Waals surface area contributed by atoms with Crippen LogP contribution < -0.4 is 10.1 Å². The van der Waals surface area contributed by atoms with Crippen molar-refractivity contribution in [2.45, 2.75) is 19.9 Å². The van der Waals surface area contributed by atoms with Crippen LogP contribution in [-0.4, -0.2) is 39.4 Å². The summed E-state index contributed by atoms with van der Waals surface area (Å²) in [5.41, 5.74) is 1.93. The van der Waals surface area contributed by atoms with E-state index in [1.807, 2.05) is 5.38 Å². The Kier molecular flexibility index (Phi) is 4.82. The van der Waals surface area contributed by atoms with E-state index >= 15 is 0 Å². The number of nitrogens with one attached hydrogen (secondary N) is 1. The molecule has 0 amide bonds. The smallest absolute Gasteiger partial charge is 0.183 e. The minimum absolute atomic E-state index is 0.0544. The molecule has 3 N–H and O–H groups in total. The molecule has 24 heavy (non-hydrogen) atoms. The van der Waals surface area contributed by atoms with Crippen molar-refractivity contribution in [3.63, 3.8) is 0 Å². The molecule has 2 heterocycles. The predicted octanol–water partition coefficient (Wildman–Crippen LogP) is 3.26. The molecule has 0 saturated heterocycles. The van der Waals surface area contributed by atoms with Crippen molar-refractivity contribution in [3.8, 4) is 22.9 Å². The molecular formula is C17H19N3O3S. The number of aliphatic hydroxyl groups excluding tert-OH is 1. The first kappa shape index (κ1) is 16.5. The van der Waals surface area contributed by atoms with Gasteiger partial charge in [0.1, 0.15) is 23.8 Å². The monoisotopic (exact) mass is 345 g/mol. The van der Waals surface area contributed by atoms with Crippen molar-refractivity contribution >= 4 is 27.4 Å². The fraction of sp³-hybridized carbons (Fsp3) is 0.294. The summed E-state index contributed by atoms with van der Waals surface area (Å²) in [4.78, 5) is 9.09. The van der Waals surface area contributed by atoms with E-state index in [0.717, 1.165) is 5.13 Å². The van der Waals surface area contributed by atoms with Crippen LogP contribution >= 0.6 is 11.3 Å². The number of rotatable bonds is 6. The van der Waals surface area contributed by atoms with Gasteiger partial charge in [-0.2, -0.15) is 0 Å². The molecule has 0 aliphatic rings. The summed E-state index contributed by atoms with van der Waals surface area (Å²) in [6, 6.07) is 7.15.